The molecule has 22 heavy (non-hydrogen) atoms. The first-order valence-electron chi connectivity index (χ1n) is 7.75. The summed E-state index contributed by atoms with van der Waals surface area (Å²) in [5.41, 5.74) is 4.12. The van der Waals surface area contributed by atoms with Gasteiger partial charge in [0.25, 0.3) is 0 Å². The number of methoxy groups -OCH3 is 1. The standard InChI is InChI=1S/C19H21NO2/c1-4-5-8-15-14-9-6-7-10-16(14)20(2)17-11-13(22-3)12-18(21)19(15)17/h6-7,9-12H,4-5,8H2,1-3H3. The van der Waals surface area contributed by atoms with Gasteiger partial charge < -0.3 is 9.30 Å². The van der Waals surface area contributed by atoms with E-state index < -0.39 is 0 Å². The molecule has 3 heteroatoms. The van der Waals surface area contributed by atoms with E-state index in [4.69, 9.17) is 4.74 Å². The van der Waals surface area contributed by atoms with E-state index in [2.05, 4.69) is 23.6 Å². The predicted octanol–water partition coefficient (Wildman–Crippen LogP) is 3.99. The number of ether oxygens (including phenoxy) is 1. The van der Waals surface area contributed by atoms with E-state index in [1.807, 2.05) is 25.2 Å². The van der Waals surface area contributed by atoms with Gasteiger partial charge >= 0.3 is 0 Å². The summed E-state index contributed by atoms with van der Waals surface area (Å²) in [6.45, 7) is 2.18. The van der Waals surface area contributed by atoms with Crippen molar-refractivity contribution < 1.29 is 4.74 Å². The van der Waals surface area contributed by atoms with Crippen LogP contribution in [0.4, 0.5) is 0 Å². The second kappa shape index (κ2) is 5.84. The Labute approximate surface area is 130 Å². The number of fused-ring (bicyclic) bond motifs is 2. The smallest absolute Gasteiger partial charge is 0.191 e. The Morgan fingerprint density at radius 3 is 2.68 bits per heavy atom. The van der Waals surface area contributed by atoms with Gasteiger partial charge in [0, 0.05) is 35.6 Å². The average Bonchev–Trinajstić information content (AvgIpc) is 2.55. The number of hydrogen-bond acceptors (Lipinski definition) is 2. The van der Waals surface area contributed by atoms with E-state index >= 15 is 0 Å². The number of pyridine rings is 1. The monoisotopic (exact) mass is 295 g/mol. The molecule has 2 aliphatic rings. The molecule has 0 N–H and O–H groups in total. The van der Waals surface area contributed by atoms with Crippen LogP contribution >= 0.6 is 0 Å². The molecule has 3 rings (SSSR count). The third-order valence-electron chi connectivity index (χ3n) is 4.32. The Kier molecular flexibility index (Phi) is 3.88. The van der Waals surface area contributed by atoms with Crippen molar-refractivity contribution >= 4 is 10.9 Å². The van der Waals surface area contributed by atoms with Crippen LogP contribution in [0.15, 0.2) is 41.2 Å². The Morgan fingerprint density at radius 1 is 1.18 bits per heavy atom. The molecule has 0 fully saturated rings. The molecule has 1 aliphatic heterocycles. The lowest BCUT2D eigenvalue weighted by Gasteiger charge is -2.20. The van der Waals surface area contributed by atoms with Crippen molar-refractivity contribution in [1.82, 2.24) is 4.57 Å². The number of rotatable bonds is 4. The summed E-state index contributed by atoms with van der Waals surface area (Å²) in [6.07, 6.45) is 3.12. The molecule has 0 bridgehead atoms. The van der Waals surface area contributed by atoms with Gasteiger partial charge in [-0.3, -0.25) is 4.79 Å². The molecule has 0 unspecified atom stereocenters. The minimum atomic E-state index is 0.0433. The highest BCUT2D eigenvalue weighted by Crippen LogP contribution is 2.33. The largest absolute Gasteiger partial charge is 0.497 e. The topological polar surface area (TPSA) is 31.2 Å². The molecule has 0 aromatic heterocycles. The fourth-order valence-corrected chi connectivity index (χ4v) is 3.16. The lowest BCUT2D eigenvalue weighted by Crippen LogP contribution is -2.15. The number of benzene rings is 2. The Bertz CT molecular complexity index is 848. The van der Waals surface area contributed by atoms with Crippen molar-refractivity contribution in [2.24, 2.45) is 7.05 Å². The van der Waals surface area contributed by atoms with Gasteiger partial charge in [0.15, 0.2) is 5.43 Å². The van der Waals surface area contributed by atoms with Crippen molar-refractivity contribution in [1.29, 1.82) is 0 Å². The van der Waals surface area contributed by atoms with Crippen molar-refractivity contribution in [3.05, 3.63) is 52.2 Å². The molecule has 0 saturated carbocycles. The summed E-state index contributed by atoms with van der Waals surface area (Å²) in [5.74, 6) is 0.616. The van der Waals surface area contributed by atoms with Crippen LogP contribution in [0, 0.1) is 0 Å². The van der Waals surface area contributed by atoms with E-state index in [1.54, 1.807) is 13.2 Å². The summed E-state index contributed by atoms with van der Waals surface area (Å²) in [6, 6.07) is 11.8. The second-order valence-electron chi connectivity index (χ2n) is 5.68. The Morgan fingerprint density at radius 2 is 1.95 bits per heavy atom. The molecule has 0 radical (unpaired) electrons. The highest BCUT2D eigenvalue weighted by Gasteiger charge is 2.19. The molecule has 0 saturated heterocycles. The van der Waals surface area contributed by atoms with E-state index in [0.29, 0.717) is 5.75 Å². The van der Waals surface area contributed by atoms with Gasteiger partial charge in [0.2, 0.25) is 0 Å². The maximum atomic E-state index is 12.6. The van der Waals surface area contributed by atoms with Gasteiger partial charge in [0.05, 0.1) is 12.8 Å². The highest BCUT2D eigenvalue weighted by molar-refractivity contribution is 5.91. The molecule has 0 spiro atoms. The zero-order valence-electron chi connectivity index (χ0n) is 13.3. The first kappa shape index (κ1) is 14.6. The molecule has 3 nitrogen and oxygen atoms in total. The third kappa shape index (κ3) is 2.27. The van der Waals surface area contributed by atoms with Gasteiger partial charge in [-0.15, -0.1) is 0 Å². The lowest BCUT2D eigenvalue weighted by atomic mass is 9.93. The van der Waals surface area contributed by atoms with Gasteiger partial charge in [-0.1, -0.05) is 31.5 Å². The van der Waals surface area contributed by atoms with Crippen LogP contribution in [0.25, 0.3) is 22.2 Å². The van der Waals surface area contributed by atoms with Gasteiger partial charge in [-0.25, -0.2) is 0 Å². The number of nitrogens with zero attached hydrogens (tertiary/aromatic N) is 1. The Hall–Kier alpha value is -2.29. The normalized spacial score (nSPS) is 11.2. The Balaban J connectivity index is 2.46. The SMILES string of the molecule is CCCCc1c2c(=O)cc(OC)cc-2n(C)c2ccccc12. The summed E-state index contributed by atoms with van der Waals surface area (Å²) in [4.78, 5) is 12.6. The van der Waals surface area contributed by atoms with Crippen molar-refractivity contribution in [3.63, 3.8) is 0 Å². The van der Waals surface area contributed by atoms with E-state index in [0.717, 1.165) is 36.0 Å². The van der Waals surface area contributed by atoms with Crippen LogP contribution in [-0.4, -0.2) is 11.7 Å². The molecule has 1 aromatic rings. The summed E-state index contributed by atoms with van der Waals surface area (Å²) in [5, 5.41) is 1.17. The minimum Gasteiger partial charge on any atom is -0.497 e. The number of unbranched alkanes of at least 4 members (excludes halogenated alkanes) is 1. The predicted molar refractivity (Wildman–Crippen MR) is 91.0 cm³/mol. The minimum absolute atomic E-state index is 0.0433. The van der Waals surface area contributed by atoms with Crippen LogP contribution in [0.1, 0.15) is 25.3 Å². The maximum absolute atomic E-state index is 12.6. The van der Waals surface area contributed by atoms with E-state index in [-0.39, 0.29) is 5.43 Å². The first-order chi connectivity index (χ1) is 10.7. The van der Waals surface area contributed by atoms with Crippen LogP contribution in [0.2, 0.25) is 0 Å². The quantitative estimate of drug-likeness (QED) is 0.681. The summed E-state index contributed by atoms with van der Waals surface area (Å²) < 4.78 is 7.37. The lowest BCUT2D eigenvalue weighted by molar-refractivity contribution is 0.414. The summed E-state index contributed by atoms with van der Waals surface area (Å²) in [7, 11) is 3.60. The molecule has 0 atom stereocenters. The van der Waals surface area contributed by atoms with Gasteiger partial charge in [-0.2, -0.15) is 0 Å². The van der Waals surface area contributed by atoms with Gasteiger partial charge in [-0.05, 0) is 24.5 Å². The molecule has 1 aromatic carbocycles. The fraction of sp³-hybridized carbons (Fsp3) is 0.316. The third-order valence-corrected chi connectivity index (χ3v) is 4.32. The highest BCUT2D eigenvalue weighted by atomic mass is 16.5. The molecular weight excluding hydrogens is 274 g/mol. The number of para-hydroxylation sites is 1. The number of hydrogen-bond donors (Lipinski definition) is 0. The average molecular weight is 295 g/mol. The zero-order valence-corrected chi connectivity index (χ0v) is 13.3. The van der Waals surface area contributed by atoms with Crippen molar-refractivity contribution in [3.8, 4) is 17.0 Å². The maximum Gasteiger partial charge on any atom is 0.191 e. The number of aromatic nitrogens is 1. The molecule has 1 aliphatic carbocycles. The fourth-order valence-electron chi connectivity index (χ4n) is 3.16. The molecule has 1 heterocycles. The van der Waals surface area contributed by atoms with E-state index in [9.17, 15) is 4.79 Å². The van der Waals surface area contributed by atoms with Crippen molar-refractivity contribution in [2.75, 3.05) is 7.11 Å². The van der Waals surface area contributed by atoms with E-state index in [1.165, 1.54) is 10.9 Å². The zero-order chi connectivity index (χ0) is 15.7. The van der Waals surface area contributed by atoms with Crippen LogP contribution in [0.3, 0.4) is 0 Å². The van der Waals surface area contributed by atoms with Crippen molar-refractivity contribution in [2.45, 2.75) is 26.2 Å². The van der Waals surface area contributed by atoms with Crippen LogP contribution in [0.5, 0.6) is 5.75 Å². The molecule has 0 amide bonds. The second-order valence-corrected chi connectivity index (χ2v) is 5.68. The first-order valence-corrected chi connectivity index (χ1v) is 7.75. The molecule has 114 valence electrons. The summed E-state index contributed by atoms with van der Waals surface area (Å²) >= 11 is 0. The van der Waals surface area contributed by atoms with Gasteiger partial charge in [0.1, 0.15) is 5.75 Å². The van der Waals surface area contributed by atoms with Crippen LogP contribution in [-0.2, 0) is 13.5 Å². The molecular formula is C19H21NO2. The van der Waals surface area contributed by atoms with Crippen LogP contribution < -0.4 is 10.2 Å². The number of aryl methyl sites for hydroxylation is 2.